The third kappa shape index (κ3) is 6.26. The van der Waals surface area contributed by atoms with Crippen molar-refractivity contribution in [2.45, 2.75) is 69.7 Å². The summed E-state index contributed by atoms with van der Waals surface area (Å²) in [6, 6.07) is -0.651. The number of carbonyl (C=O) groups is 2. The van der Waals surface area contributed by atoms with E-state index in [-0.39, 0.29) is 45.2 Å². The number of carbonyl (C=O) groups excluding carboxylic acids is 1. The normalized spacial score (nSPS) is 23.9. The average Bonchev–Trinajstić information content (AvgIpc) is 3.49. The van der Waals surface area contributed by atoms with Gasteiger partial charge in [-0.05, 0) is 57.4 Å². The summed E-state index contributed by atoms with van der Waals surface area (Å²) in [5.74, 6) is -2.36. The summed E-state index contributed by atoms with van der Waals surface area (Å²) >= 11 is 12.5. The Labute approximate surface area is 228 Å². The molecule has 2 aliphatic rings. The van der Waals surface area contributed by atoms with E-state index in [9.17, 15) is 27.9 Å². The van der Waals surface area contributed by atoms with Gasteiger partial charge < -0.3 is 14.7 Å². The molecule has 2 aromatic rings. The zero-order chi connectivity index (χ0) is 27.7. The number of aromatic nitrogens is 3. The van der Waals surface area contributed by atoms with Crippen molar-refractivity contribution in [1.29, 1.82) is 0 Å². The van der Waals surface area contributed by atoms with Gasteiger partial charge in [-0.3, -0.25) is 19.3 Å². The molecule has 8 nitrogen and oxygen atoms in total. The van der Waals surface area contributed by atoms with Gasteiger partial charge in [0.2, 0.25) is 0 Å². The van der Waals surface area contributed by atoms with E-state index in [1.807, 2.05) is 6.92 Å². The van der Waals surface area contributed by atoms with Crippen molar-refractivity contribution in [3.05, 3.63) is 45.5 Å². The lowest BCUT2D eigenvalue weighted by Gasteiger charge is -2.32. The summed E-state index contributed by atoms with van der Waals surface area (Å²) in [7, 11) is 0. The van der Waals surface area contributed by atoms with Gasteiger partial charge in [0.15, 0.2) is 5.69 Å². The van der Waals surface area contributed by atoms with Crippen LogP contribution >= 0.6 is 23.2 Å². The number of carboxylic acids is 1. The molecule has 1 atom stereocenters. The van der Waals surface area contributed by atoms with Crippen molar-refractivity contribution < 1.29 is 32.6 Å². The molecule has 1 saturated carbocycles. The number of amides is 1. The summed E-state index contributed by atoms with van der Waals surface area (Å²) in [5, 5.41) is 13.8. The predicted octanol–water partition coefficient (Wildman–Crippen LogP) is 5.67. The third-order valence-corrected chi connectivity index (χ3v) is 8.03. The maximum atomic E-state index is 14.4. The number of carboxylic acid groups (broad SMARTS) is 1. The van der Waals surface area contributed by atoms with E-state index in [2.05, 4.69) is 10.1 Å². The molecular formula is C25H29Cl2F3N4O4. The average molecular weight is 577 g/mol. The second kappa shape index (κ2) is 11.4. The smallest absolute Gasteiger partial charge is 0.433 e. The van der Waals surface area contributed by atoms with Gasteiger partial charge in [0, 0.05) is 32.1 Å². The highest BCUT2D eigenvalue weighted by molar-refractivity contribution is 6.35. The van der Waals surface area contributed by atoms with Gasteiger partial charge in [-0.1, -0.05) is 23.2 Å². The van der Waals surface area contributed by atoms with Crippen LogP contribution in [0.15, 0.2) is 18.6 Å². The standard InChI is InChI=1S/C25H29Cl2F3N4O4/c1-24(8-2-10-38-24)14-33(9-7-17-19(26)12-31-13-20(17)27)22(35)18-11-32-34(21(18)25(28,29)30)16-5-3-15(4-6-16)23(36)37/h11-13,15-16H,2-10,14H2,1H3,(H,36,37)/t15-,16-,24-/m0/s1. The first-order chi connectivity index (χ1) is 17.9. The largest absolute Gasteiger partial charge is 0.481 e. The van der Waals surface area contributed by atoms with Gasteiger partial charge in [-0.25, -0.2) is 0 Å². The predicted molar refractivity (Wildman–Crippen MR) is 133 cm³/mol. The van der Waals surface area contributed by atoms with E-state index in [1.54, 1.807) is 0 Å². The maximum Gasteiger partial charge on any atom is 0.433 e. The number of alkyl halides is 3. The molecule has 0 radical (unpaired) electrons. The Morgan fingerprint density at radius 2 is 1.84 bits per heavy atom. The molecule has 1 saturated heterocycles. The lowest BCUT2D eigenvalue weighted by molar-refractivity contribution is -0.147. The van der Waals surface area contributed by atoms with Crippen LogP contribution in [0.5, 0.6) is 0 Å². The summed E-state index contributed by atoms with van der Waals surface area (Å²) in [6.45, 7) is 2.47. The van der Waals surface area contributed by atoms with Crippen LogP contribution < -0.4 is 0 Å². The lowest BCUT2D eigenvalue weighted by atomic mass is 9.86. The number of nitrogens with zero attached hydrogens (tertiary/aromatic N) is 4. The van der Waals surface area contributed by atoms with Crippen molar-refractivity contribution in [2.75, 3.05) is 19.7 Å². The lowest BCUT2D eigenvalue weighted by Crippen LogP contribution is -2.45. The highest BCUT2D eigenvalue weighted by Crippen LogP contribution is 2.39. The maximum absolute atomic E-state index is 14.4. The zero-order valence-electron chi connectivity index (χ0n) is 20.8. The van der Waals surface area contributed by atoms with Crippen molar-refractivity contribution >= 4 is 35.1 Å². The van der Waals surface area contributed by atoms with Gasteiger partial charge in [0.25, 0.3) is 5.91 Å². The molecule has 2 aromatic heterocycles. The Morgan fingerprint density at radius 3 is 2.39 bits per heavy atom. The van der Waals surface area contributed by atoms with Crippen LogP contribution in [0, 0.1) is 5.92 Å². The Bertz CT molecular complexity index is 1160. The number of ether oxygens (including phenoxy) is 1. The second-order valence-corrected chi connectivity index (χ2v) is 11.0. The van der Waals surface area contributed by atoms with E-state index in [0.717, 1.165) is 17.3 Å². The molecule has 0 bridgehead atoms. The molecule has 1 amide bonds. The van der Waals surface area contributed by atoms with E-state index in [4.69, 9.17) is 27.9 Å². The first kappa shape index (κ1) is 28.6. The van der Waals surface area contributed by atoms with Crippen LogP contribution in [0.25, 0.3) is 0 Å². The van der Waals surface area contributed by atoms with Crippen molar-refractivity contribution in [3.63, 3.8) is 0 Å². The van der Waals surface area contributed by atoms with Gasteiger partial charge in [-0.2, -0.15) is 18.3 Å². The second-order valence-electron chi connectivity index (χ2n) is 10.2. The monoisotopic (exact) mass is 576 g/mol. The number of halogens is 5. The van der Waals surface area contributed by atoms with Crippen LogP contribution in [0.4, 0.5) is 13.2 Å². The minimum absolute atomic E-state index is 0.0490. The number of hydrogen-bond acceptors (Lipinski definition) is 5. The number of rotatable bonds is 8. The molecule has 1 aliphatic heterocycles. The minimum atomic E-state index is -4.84. The van der Waals surface area contributed by atoms with Crippen LogP contribution in [0.3, 0.4) is 0 Å². The van der Waals surface area contributed by atoms with Crippen molar-refractivity contribution in [1.82, 2.24) is 19.7 Å². The first-order valence-corrected chi connectivity index (χ1v) is 13.2. The summed E-state index contributed by atoms with van der Waals surface area (Å²) in [6.07, 6.45) is 1.55. The molecule has 3 heterocycles. The Morgan fingerprint density at radius 1 is 1.18 bits per heavy atom. The Kier molecular flexibility index (Phi) is 8.59. The summed E-state index contributed by atoms with van der Waals surface area (Å²) in [4.78, 5) is 30.3. The quantitative estimate of drug-likeness (QED) is 0.434. The van der Waals surface area contributed by atoms with Gasteiger partial charge >= 0.3 is 12.1 Å². The molecule has 2 fully saturated rings. The molecule has 38 heavy (non-hydrogen) atoms. The van der Waals surface area contributed by atoms with Crippen molar-refractivity contribution in [2.24, 2.45) is 5.92 Å². The summed E-state index contributed by atoms with van der Waals surface area (Å²) < 4.78 is 49.8. The summed E-state index contributed by atoms with van der Waals surface area (Å²) in [5.41, 5.74) is -1.83. The molecule has 0 aromatic carbocycles. The first-order valence-electron chi connectivity index (χ1n) is 12.5. The molecule has 208 valence electrons. The van der Waals surface area contributed by atoms with E-state index in [0.29, 0.717) is 28.6 Å². The fraction of sp³-hybridized carbons (Fsp3) is 0.600. The van der Waals surface area contributed by atoms with E-state index < -0.39 is 46.9 Å². The third-order valence-electron chi connectivity index (χ3n) is 7.38. The highest BCUT2D eigenvalue weighted by atomic mass is 35.5. The molecule has 0 unspecified atom stereocenters. The fourth-order valence-corrected chi connectivity index (χ4v) is 5.91. The topological polar surface area (TPSA) is 97.6 Å². The molecule has 1 aliphatic carbocycles. The minimum Gasteiger partial charge on any atom is -0.481 e. The van der Waals surface area contributed by atoms with Crippen molar-refractivity contribution in [3.8, 4) is 0 Å². The number of pyridine rings is 1. The SMILES string of the molecule is C[C@@]1(CN(CCc2c(Cl)cncc2Cl)C(=O)c2cnn([C@H]3CC[C@H](C(=O)O)CC3)c2C(F)(F)F)CCCO1. The Hall–Kier alpha value is -2.37. The highest BCUT2D eigenvalue weighted by Gasteiger charge is 2.44. The molecule has 0 spiro atoms. The molecular weight excluding hydrogens is 548 g/mol. The van der Waals surface area contributed by atoms with Crippen LogP contribution in [0.2, 0.25) is 10.0 Å². The van der Waals surface area contributed by atoms with Crippen LogP contribution in [0.1, 0.15) is 73.1 Å². The fourth-order valence-electron chi connectivity index (χ4n) is 5.36. The zero-order valence-corrected chi connectivity index (χ0v) is 22.3. The van der Waals surface area contributed by atoms with Crippen LogP contribution in [-0.2, 0) is 22.1 Å². The molecule has 1 N–H and O–H groups in total. The number of hydrogen-bond donors (Lipinski definition) is 1. The van der Waals surface area contributed by atoms with Crippen LogP contribution in [-0.4, -0.2) is 61.9 Å². The number of aliphatic carboxylic acids is 1. The molecule has 4 rings (SSSR count). The Balaban J connectivity index is 1.64. The van der Waals surface area contributed by atoms with E-state index >= 15 is 0 Å². The van der Waals surface area contributed by atoms with Gasteiger partial charge in [-0.15, -0.1) is 0 Å². The van der Waals surface area contributed by atoms with E-state index in [1.165, 1.54) is 17.3 Å². The van der Waals surface area contributed by atoms with Gasteiger partial charge in [0.1, 0.15) is 0 Å². The molecule has 13 heteroatoms. The van der Waals surface area contributed by atoms with Gasteiger partial charge in [0.05, 0.1) is 39.4 Å².